The monoisotopic (exact) mass is 363 g/mol. The summed E-state index contributed by atoms with van der Waals surface area (Å²) in [6.45, 7) is 8.57. The predicted octanol–water partition coefficient (Wildman–Crippen LogP) is 1.46. The third-order valence-electron chi connectivity index (χ3n) is 3.18. The highest BCUT2D eigenvalue weighted by atomic mass is 127. The van der Waals surface area contributed by atoms with E-state index in [0.29, 0.717) is 22.0 Å². The van der Waals surface area contributed by atoms with Gasteiger partial charge in [0.1, 0.15) is 11.9 Å². The van der Waals surface area contributed by atoms with E-state index in [4.69, 9.17) is 4.74 Å². The standard InChI is InChI=1S/C12H18IN3O2/c1-7(2)16-4-5-18-9(6-16)11-14-8(3)10(13)12(17)15-11/h7,9H,4-6H2,1-3H3,(H,14,15,17). The van der Waals surface area contributed by atoms with E-state index in [0.717, 1.165) is 18.8 Å². The van der Waals surface area contributed by atoms with Gasteiger partial charge in [0, 0.05) is 19.1 Å². The zero-order valence-electron chi connectivity index (χ0n) is 10.9. The molecule has 1 atom stereocenters. The van der Waals surface area contributed by atoms with Crippen molar-refractivity contribution in [1.82, 2.24) is 14.9 Å². The molecule has 18 heavy (non-hydrogen) atoms. The fraction of sp³-hybridized carbons (Fsp3) is 0.667. The average molecular weight is 363 g/mol. The summed E-state index contributed by atoms with van der Waals surface area (Å²) in [5.41, 5.74) is 0.683. The number of halogens is 1. The van der Waals surface area contributed by atoms with E-state index < -0.39 is 0 Å². The fourth-order valence-electron chi connectivity index (χ4n) is 2.05. The van der Waals surface area contributed by atoms with Crippen LogP contribution in [0.15, 0.2) is 4.79 Å². The largest absolute Gasteiger partial charge is 0.368 e. The van der Waals surface area contributed by atoms with Gasteiger partial charge in [-0.15, -0.1) is 0 Å². The molecule has 2 heterocycles. The Balaban J connectivity index is 2.24. The molecule has 1 N–H and O–H groups in total. The number of H-pyrrole nitrogens is 1. The Labute approximate surface area is 120 Å². The van der Waals surface area contributed by atoms with Gasteiger partial charge in [-0.05, 0) is 43.4 Å². The molecular weight excluding hydrogens is 345 g/mol. The van der Waals surface area contributed by atoms with Crippen LogP contribution in [-0.4, -0.2) is 40.6 Å². The van der Waals surface area contributed by atoms with Crippen LogP contribution in [-0.2, 0) is 4.74 Å². The van der Waals surface area contributed by atoms with Crippen molar-refractivity contribution in [1.29, 1.82) is 0 Å². The Morgan fingerprint density at radius 3 is 2.89 bits per heavy atom. The van der Waals surface area contributed by atoms with Crippen LogP contribution >= 0.6 is 22.6 Å². The number of hydrogen-bond donors (Lipinski definition) is 1. The lowest BCUT2D eigenvalue weighted by molar-refractivity contribution is -0.0444. The van der Waals surface area contributed by atoms with Crippen molar-refractivity contribution in [3.63, 3.8) is 0 Å². The first kappa shape index (κ1) is 14.0. The molecule has 0 aliphatic carbocycles. The van der Waals surface area contributed by atoms with E-state index in [1.807, 2.05) is 29.5 Å². The molecule has 0 radical (unpaired) electrons. The molecule has 0 amide bonds. The SMILES string of the molecule is Cc1nc(C2CN(C(C)C)CCO2)[nH]c(=O)c1I. The second-order valence-electron chi connectivity index (χ2n) is 4.80. The second-order valence-corrected chi connectivity index (χ2v) is 5.88. The van der Waals surface area contributed by atoms with Crippen LogP contribution in [0.4, 0.5) is 0 Å². The molecule has 1 aliphatic rings. The highest BCUT2D eigenvalue weighted by Crippen LogP contribution is 2.20. The van der Waals surface area contributed by atoms with E-state index in [1.54, 1.807) is 0 Å². The molecule has 1 aromatic rings. The first-order valence-corrected chi connectivity index (χ1v) is 7.19. The van der Waals surface area contributed by atoms with Crippen LogP contribution in [0.2, 0.25) is 0 Å². The van der Waals surface area contributed by atoms with Gasteiger partial charge in [-0.1, -0.05) is 0 Å². The highest BCUT2D eigenvalue weighted by Gasteiger charge is 2.25. The zero-order valence-corrected chi connectivity index (χ0v) is 13.0. The molecule has 0 aromatic carbocycles. The number of morpholine rings is 1. The third-order valence-corrected chi connectivity index (χ3v) is 4.45. The van der Waals surface area contributed by atoms with E-state index in [-0.39, 0.29) is 11.7 Å². The minimum absolute atomic E-state index is 0.0802. The summed E-state index contributed by atoms with van der Waals surface area (Å²) >= 11 is 2.01. The molecule has 1 aromatic heterocycles. The minimum Gasteiger partial charge on any atom is -0.368 e. The molecule has 1 fully saturated rings. The number of nitrogens with zero attached hydrogens (tertiary/aromatic N) is 2. The summed E-state index contributed by atoms with van der Waals surface area (Å²) in [4.78, 5) is 21.3. The summed E-state index contributed by atoms with van der Waals surface area (Å²) < 4.78 is 6.36. The van der Waals surface area contributed by atoms with E-state index in [2.05, 4.69) is 28.7 Å². The number of hydrogen-bond acceptors (Lipinski definition) is 4. The highest BCUT2D eigenvalue weighted by molar-refractivity contribution is 14.1. The molecule has 2 rings (SSSR count). The molecule has 0 spiro atoms. The average Bonchev–Trinajstić information content (AvgIpc) is 2.35. The van der Waals surface area contributed by atoms with Crippen LogP contribution in [0.25, 0.3) is 0 Å². The summed E-state index contributed by atoms with van der Waals surface area (Å²) in [7, 11) is 0. The number of rotatable bonds is 2. The lowest BCUT2D eigenvalue weighted by Crippen LogP contribution is -2.43. The molecule has 5 nitrogen and oxygen atoms in total. The Morgan fingerprint density at radius 2 is 2.28 bits per heavy atom. The number of ether oxygens (including phenoxy) is 1. The lowest BCUT2D eigenvalue weighted by atomic mass is 10.2. The van der Waals surface area contributed by atoms with Crippen LogP contribution in [0, 0.1) is 10.5 Å². The van der Waals surface area contributed by atoms with Gasteiger partial charge in [0.2, 0.25) is 0 Å². The van der Waals surface area contributed by atoms with Gasteiger partial charge in [0.15, 0.2) is 0 Å². The smallest absolute Gasteiger partial charge is 0.264 e. The summed E-state index contributed by atoms with van der Waals surface area (Å²) in [5, 5.41) is 0. The summed E-state index contributed by atoms with van der Waals surface area (Å²) in [5.74, 6) is 0.642. The fourth-order valence-corrected chi connectivity index (χ4v) is 2.30. The van der Waals surface area contributed by atoms with Crippen LogP contribution in [0.5, 0.6) is 0 Å². The van der Waals surface area contributed by atoms with Crippen LogP contribution in [0.3, 0.4) is 0 Å². The Bertz CT molecular complexity index is 487. The maximum absolute atomic E-state index is 11.7. The van der Waals surface area contributed by atoms with Gasteiger partial charge in [-0.3, -0.25) is 9.69 Å². The van der Waals surface area contributed by atoms with Crippen molar-refractivity contribution in [2.45, 2.75) is 32.9 Å². The zero-order chi connectivity index (χ0) is 13.3. The molecular formula is C12H18IN3O2. The van der Waals surface area contributed by atoms with Gasteiger partial charge in [0.05, 0.1) is 15.9 Å². The molecule has 1 saturated heterocycles. The summed E-state index contributed by atoms with van der Waals surface area (Å²) in [6.07, 6.45) is -0.135. The van der Waals surface area contributed by atoms with Gasteiger partial charge in [-0.2, -0.15) is 0 Å². The first-order chi connectivity index (χ1) is 8.49. The van der Waals surface area contributed by atoms with Crippen molar-refractivity contribution in [3.05, 3.63) is 25.4 Å². The quantitative estimate of drug-likeness (QED) is 0.809. The van der Waals surface area contributed by atoms with Crippen molar-refractivity contribution in [3.8, 4) is 0 Å². The van der Waals surface area contributed by atoms with Gasteiger partial charge >= 0.3 is 0 Å². The van der Waals surface area contributed by atoms with Crippen molar-refractivity contribution in [2.24, 2.45) is 0 Å². The first-order valence-electron chi connectivity index (χ1n) is 6.11. The van der Waals surface area contributed by atoms with Crippen molar-refractivity contribution >= 4 is 22.6 Å². The van der Waals surface area contributed by atoms with Gasteiger partial charge in [-0.25, -0.2) is 4.98 Å². The molecule has 1 unspecified atom stereocenters. The van der Waals surface area contributed by atoms with E-state index >= 15 is 0 Å². The predicted molar refractivity (Wildman–Crippen MR) is 77.7 cm³/mol. The van der Waals surface area contributed by atoms with Gasteiger partial charge in [0.25, 0.3) is 5.56 Å². The van der Waals surface area contributed by atoms with Crippen molar-refractivity contribution in [2.75, 3.05) is 19.7 Å². The van der Waals surface area contributed by atoms with E-state index in [1.165, 1.54) is 0 Å². The van der Waals surface area contributed by atoms with Gasteiger partial charge < -0.3 is 9.72 Å². The topological polar surface area (TPSA) is 58.2 Å². The number of nitrogens with one attached hydrogen (secondary N) is 1. The maximum Gasteiger partial charge on any atom is 0.264 e. The second kappa shape index (κ2) is 5.66. The van der Waals surface area contributed by atoms with Crippen LogP contribution < -0.4 is 5.56 Å². The lowest BCUT2D eigenvalue weighted by Gasteiger charge is -2.34. The van der Waals surface area contributed by atoms with Crippen LogP contribution in [0.1, 0.15) is 31.5 Å². The maximum atomic E-state index is 11.7. The number of aromatic amines is 1. The normalized spacial score (nSPS) is 21.5. The Hall–Kier alpha value is -0.470. The molecule has 0 bridgehead atoms. The molecule has 0 saturated carbocycles. The molecule has 6 heteroatoms. The third kappa shape index (κ3) is 2.92. The summed E-state index contributed by atoms with van der Waals surface area (Å²) in [6, 6.07) is 0.480. The molecule has 1 aliphatic heterocycles. The Kier molecular flexibility index (Phi) is 4.39. The van der Waals surface area contributed by atoms with Crippen molar-refractivity contribution < 1.29 is 4.74 Å². The minimum atomic E-state index is -0.135. The number of aryl methyl sites for hydroxylation is 1. The Morgan fingerprint density at radius 1 is 1.56 bits per heavy atom. The number of aromatic nitrogens is 2. The molecule has 100 valence electrons. The van der Waals surface area contributed by atoms with E-state index in [9.17, 15) is 4.79 Å².